The summed E-state index contributed by atoms with van der Waals surface area (Å²) < 4.78 is 0.292. The van der Waals surface area contributed by atoms with Crippen LogP contribution in [0.3, 0.4) is 0 Å². The molecule has 0 bridgehead atoms. The molecule has 0 radical (unpaired) electrons. The minimum atomic E-state index is -2.52. The fourth-order valence-corrected chi connectivity index (χ4v) is 11.0. The summed E-state index contributed by atoms with van der Waals surface area (Å²) in [5.74, 6) is 0.106. The Labute approximate surface area is 161 Å². The maximum absolute atomic E-state index is 13.6. The molecule has 3 aromatic rings. The van der Waals surface area contributed by atoms with Crippen molar-refractivity contribution in [3.8, 4) is 0 Å². The van der Waals surface area contributed by atoms with E-state index in [1.54, 1.807) is 0 Å². The van der Waals surface area contributed by atoms with Crippen molar-refractivity contribution in [3.63, 3.8) is 0 Å². The summed E-state index contributed by atoms with van der Waals surface area (Å²) in [5, 5.41) is 0. The number of carbonyl (C=O) groups excluding carboxylic acids is 1. The van der Waals surface area contributed by atoms with Crippen LogP contribution in [0, 0.1) is 0 Å². The summed E-state index contributed by atoms with van der Waals surface area (Å²) in [6.45, 7) is 0. The zero-order chi connectivity index (χ0) is 18.6. The van der Waals surface area contributed by atoms with Crippen LogP contribution in [0.25, 0.3) is 0 Å². The summed E-state index contributed by atoms with van der Waals surface area (Å²) in [6, 6.07) is 30.7. The molecule has 0 saturated heterocycles. The van der Waals surface area contributed by atoms with Crippen molar-refractivity contribution in [1.82, 2.24) is 0 Å². The van der Waals surface area contributed by atoms with E-state index >= 15 is 0 Å². The van der Waals surface area contributed by atoms with Crippen LogP contribution in [0.1, 0.15) is 31.3 Å². The van der Waals surface area contributed by atoms with Crippen LogP contribution in [0.2, 0.25) is 14.8 Å². The van der Waals surface area contributed by atoms with E-state index in [0.717, 1.165) is 11.1 Å². The van der Waals surface area contributed by atoms with E-state index in [1.807, 2.05) is 48.5 Å². The Kier molecular flexibility index (Phi) is 5.97. The molecule has 0 heterocycles. The predicted molar refractivity (Wildman–Crippen MR) is 112 cm³/mol. The van der Waals surface area contributed by atoms with Gasteiger partial charge in [0.2, 0.25) is 0 Å². The third-order valence-corrected chi connectivity index (χ3v) is 12.2. The van der Waals surface area contributed by atoms with Gasteiger partial charge in [-0.1, -0.05) is 0 Å². The van der Waals surface area contributed by atoms with Gasteiger partial charge in [-0.25, -0.2) is 0 Å². The third kappa shape index (κ3) is 4.26. The monoisotopic (exact) mass is 450 g/mol. The molecule has 2 heteroatoms. The molecule has 0 aliphatic carbocycles. The van der Waals surface area contributed by atoms with E-state index in [-0.39, 0.29) is 11.7 Å². The van der Waals surface area contributed by atoms with E-state index in [0.29, 0.717) is 3.93 Å². The second-order valence-corrected chi connectivity index (χ2v) is 23.2. The average molecular weight is 449 g/mol. The second kappa shape index (κ2) is 8.22. The summed E-state index contributed by atoms with van der Waals surface area (Å²) in [7, 11) is 0. The number of benzene rings is 3. The van der Waals surface area contributed by atoms with Gasteiger partial charge < -0.3 is 0 Å². The van der Waals surface area contributed by atoms with Gasteiger partial charge in [-0.2, -0.15) is 0 Å². The van der Waals surface area contributed by atoms with Crippen molar-refractivity contribution in [1.29, 1.82) is 0 Å². The van der Waals surface area contributed by atoms with Gasteiger partial charge in [0, 0.05) is 0 Å². The van der Waals surface area contributed by atoms with E-state index in [9.17, 15) is 4.79 Å². The Morgan fingerprint density at radius 1 is 0.654 bits per heavy atom. The molecule has 2 atom stereocenters. The molecule has 0 fully saturated rings. The van der Waals surface area contributed by atoms with Crippen molar-refractivity contribution in [2.75, 3.05) is 0 Å². The molecule has 0 spiro atoms. The van der Waals surface area contributed by atoms with Crippen molar-refractivity contribution >= 4 is 24.2 Å². The number of Topliss-reactive ketones (excluding diaryl/α,β-unsaturated/α-hetero) is 1. The van der Waals surface area contributed by atoms with Gasteiger partial charge in [0.25, 0.3) is 0 Å². The minimum absolute atomic E-state index is 0.128. The first-order chi connectivity index (χ1) is 12.5. The Morgan fingerprint density at radius 3 is 1.54 bits per heavy atom. The Balaban J connectivity index is 2.17. The zero-order valence-electron chi connectivity index (χ0n) is 15.7. The van der Waals surface area contributed by atoms with Gasteiger partial charge in [-0.05, 0) is 0 Å². The predicted octanol–water partition coefficient (Wildman–Crippen LogP) is 6.31. The molecule has 26 heavy (non-hydrogen) atoms. The average Bonchev–Trinajstić information content (AvgIpc) is 2.66. The van der Waals surface area contributed by atoms with E-state index < -0.39 is 18.4 Å². The van der Waals surface area contributed by atoms with Gasteiger partial charge in [0.05, 0.1) is 0 Å². The number of hydrogen-bond donors (Lipinski definition) is 0. The molecule has 132 valence electrons. The third-order valence-electron chi connectivity index (χ3n) is 4.92. The molecule has 0 aliphatic heterocycles. The van der Waals surface area contributed by atoms with Crippen LogP contribution in [-0.2, 0) is 0 Å². The Bertz CT molecular complexity index is 836. The molecular formula is C24H26OSn. The van der Waals surface area contributed by atoms with Crippen LogP contribution in [0.5, 0.6) is 0 Å². The number of carbonyl (C=O) groups is 1. The van der Waals surface area contributed by atoms with Crippen molar-refractivity contribution < 1.29 is 4.79 Å². The quantitative estimate of drug-likeness (QED) is 0.318. The molecule has 3 aromatic carbocycles. The summed E-state index contributed by atoms with van der Waals surface area (Å²) in [6.07, 6.45) is 0. The summed E-state index contributed by atoms with van der Waals surface area (Å²) in [5.41, 5.74) is 3.23. The topological polar surface area (TPSA) is 17.1 Å². The molecule has 0 unspecified atom stereocenters. The molecule has 0 amide bonds. The van der Waals surface area contributed by atoms with Gasteiger partial charge in [-0.15, -0.1) is 0 Å². The fourth-order valence-electron chi connectivity index (χ4n) is 3.79. The first-order valence-corrected chi connectivity index (χ1v) is 19.4. The van der Waals surface area contributed by atoms with Gasteiger partial charge in [0.15, 0.2) is 0 Å². The van der Waals surface area contributed by atoms with Gasteiger partial charge in [0.1, 0.15) is 0 Å². The van der Waals surface area contributed by atoms with Crippen LogP contribution in [0.4, 0.5) is 0 Å². The summed E-state index contributed by atoms with van der Waals surface area (Å²) in [4.78, 5) is 20.9. The van der Waals surface area contributed by atoms with Crippen LogP contribution in [-0.4, -0.2) is 24.2 Å². The fraction of sp³-hybridized carbons (Fsp3) is 0.208. The first kappa shape index (κ1) is 18.9. The second-order valence-electron chi connectivity index (χ2n) is 7.87. The van der Waals surface area contributed by atoms with Crippen molar-refractivity contribution in [3.05, 3.63) is 108 Å². The summed E-state index contributed by atoms with van der Waals surface area (Å²) >= 11 is -2.52. The molecule has 0 aromatic heterocycles. The molecule has 0 N–H and O–H groups in total. The Hall–Kier alpha value is -1.87. The molecule has 1 nitrogen and oxygen atoms in total. The standard InChI is InChI=1S/C21H17O.3CH3.Sn/c22-21(19-14-8-3-9-15-19)20(18-12-6-2-7-13-18)16-17-10-4-1-5-11-17;;;;/h1-16,20H;3*1H3;/t20-;;;;/m1..../s1. The maximum atomic E-state index is 13.6. The van der Waals surface area contributed by atoms with Crippen LogP contribution in [0.15, 0.2) is 91.0 Å². The Morgan fingerprint density at radius 2 is 1.08 bits per heavy atom. The van der Waals surface area contributed by atoms with Crippen molar-refractivity contribution in [2.24, 2.45) is 0 Å². The van der Waals surface area contributed by atoms with Gasteiger partial charge >= 0.3 is 161 Å². The molecule has 3 rings (SSSR count). The van der Waals surface area contributed by atoms with Gasteiger partial charge in [-0.3, -0.25) is 0 Å². The first-order valence-electron chi connectivity index (χ1n) is 9.17. The SMILES string of the molecule is [CH3][Sn]([CH3])([CH3])[C@@H](c1ccccc1)[C@@H](C(=O)c1ccccc1)c1ccccc1. The zero-order valence-corrected chi connectivity index (χ0v) is 18.6. The normalized spacial score (nSPS) is 13.8. The van der Waals surface area contributed by atoms with E-state index in [2.05, 4.69) is 57.3 Å². The molecule has 0 aliphatic rings. The molecule has 0 saturated carbocycles. The number of hydrogen-bond acceptors (Lipinski definition) is 1. The van der Waals surface area contributed by atoms with E-state index in [4.69, 9.17) is 0 Å². The van der Waals surface area contributed by atoms with E-state index in [1.165, 1.54) is 5.56 Å². The van der Waals surface area contributed by atoms with Crippen LogP contribution < -0.4 is 0 Å². The number of rotatable bonds is 6. The van der Waals surface area contributed by atoms with Crippen molar-refractivity contribution in [2.45, 2.75) is 24.7 Å². The number of ketones is 1. The van der Waals surface area contributed by atoms with Crippen LogP contribution >= 0.6 is 0 Å². The molecular weight excluding hydrogens is 423 g/mol.